The van der Waals surface area contributed by atoms with Crippen molar-refractivity contribution in [1.29, 1.82) is 0 Å². The maximum Gasteiger partial charge on any atom is 0.255 e. The van der Waals surface area contributed by atoms with Gasteiger partial charge in [0.15, 0.2) is 0 Å². The fourth-order valence-electron chi connectivity index (χ4n) is 3.80. The van der Waals surface area contributed by atoms with Crippen LogP contribution in [0.1, 0.15) is 59.4 Å². The average molecular weight is 405 g/mol. The number of rotatable bonds is 7. The van der Waals surface area contributed by atoms with E-state index in [1.807, 2.05) is 23.1 Å². The second-order valence-electron chi connectivity index (χ2n) is 8.12. The molecule has 1 N–H and O–H groups in total. The van der Waals surface area contributed by atoms with Crippen LogP contribution in [0.4, 0.5) is 0 Å². The van der Waals surface area contributed by atoms with E-state index in [1.165, 1.54) is 5.56 Å². The molecule has 0 saturated carbocycles. The average Bonchev–Trinajstić information content (AvgIpc) is 3.44. The number of benzene rings is 1. The number of aromatic nitrogens is 3. The van der Waals surface area contributed by atoms with Crippen LogP contribution in [0.3, 0.4) is 0 Å². The number of carbonyl (C=O) groups is 1. The SMILES string of the molecule is CC(C)c1ccc(OCCc2cc([C@H]3CCN(C(=O)c4cccnc4)C3)n[nH]2)cc1. The molecule has 156 valence electrons. The van der Waals surface area contributed by atoms with Crippen LogP contribution in [-0.2, 0) is 6.42 Å². The summed E-state index contributed by atoms with van der Waals surface area (Å²) in [6.45, 7) is 6.40. The molecule has 1 aromatic carbocycles. The highest BCUT2D eigenvalue weighted by atomic mass is 16.5. The van der Waals surface area contributed by atoms with Crippen LogP contribution in [0.5, 0.6) is 5.75 Å². The van der Waals surface area contributed by atoms with Gasteiger partial charge in [-0.1, -0.05) is 26.0 Å². The predicted molar refractivity (Wildman–Crippen MR) is 116 cm³/mol. The minimum Gasteiger partial charge on any atom is -0.493 e. The van der Waals surface area contributed by atoms with E-state index in [0.717, 1.165) is 36.5 Å². The smallest absolute Gasteiger partial charge is 0.255 e. The summed E-state index contributed by atoms with van der Waals surface area (Å²) < 4.78 is 5.87. The highest BCUT2D eigenvalue weighted by Crippen LogP contribution is 2.27. The molecule has 1 atom stereocenters. The number of H-pyrrole nitrogens is 1. The number of hydrogen-bond acceptors (Lipinski definition) is 4. The summed E-state index contributed by atoms with van der Waals surface area (Å²) >= 11 is 0. The zero-order valence-electron chi connectivity index (χ0n) is 17.5. The van der Waals surface area contributed by atoms with Gasteiger partial charge in [0.05, 0.1) is 17.9 Å². The van der Waals surface area contributed by atoms with Gasteiger partial charge < -0.3 is 9.64 Å². The van der Waals surface area contributed by atoms with E-state index < -0.39 is 0 Å². The van der Waals surface area contributed by atoms with Crippen molar-refractivity contribution in [3.63, 3.8) is 0 Å². The topological polar surface area (TPSA) is 71.1 Å². The molecule has 1 fully saturated rings. The van der Waals surface area contributed by atoms with Gasteiger partial charge in [0, 0.05) is 43.5 Å². The summed E-state index contributed by atoms with van der Waals surface area (Å²) in [7, 11) is 0. The molecule has 0 spiro atoms. The second kappa shape index (κ2) is 9.11. The molecule has 1 aliphatic heterocycles. The first kappa shape index (κ1) is 20.1. The molecule has 1 amide bonds. The van der Waals surface area contributed by atoms with Gasteiger partial charge in [-0.3, -0.25) is 14.9 Å². The molecule has 30 heavy (non-hydrogen) atoms. The first-order valence-corrected chi connectivity index (χ1v) is 10.6. The first-order valence-electron chi connectivity index (χ1n) is 10.6. The number of amides is 1. The molecule has 2 aromatic heterocycles. The minimum atomic E-state index is 0.0400. The molecule has 6 heteroatoms. The largest absolute Gasteiger partial charge is 0.493 e. The molecular weight excluding hydrogens is 376 g/mol. The third kappa shape index (κ3) is 4.70. The lowest BCUT2D eigenvalue weighted by Crippen LogP contribution is -2.28. The lowest BCUT2D eigenvalue weighted by Gasteiger charge is -2.15. The van der Waals surface area contributed by atoms with Crippen molar-refractivity contribution in [1.82, 2.24) is 20.1 Å². The number of carbonyl (C=O) groups excluding carboxylic acids is 1. The fraction of sp³-hybridized carbons (Fsp3) is 0.375. The number of nitrogens with one attached hydrogen (secondary N) is 1. The van der Waals surface area contributed by atoms with Crippen LogP contribution < -0.4 is 4.74 Å². The minimum absolute atomic E-state index is 0.0400. The zero-order valence-corrected chi connectivity index (χ0v) is 17.5. The van der Waals surface area contributed by atoms with Crippen LogP contribution in [-0.4, -0.2) is 45.7 Å². The van der Waals surface area contributed by atoms with Crippen LogP contribution in [0.25, 0.3) is 0 Å². The first-order chi connectivity index (χ1) is 14.6. The van der Waals surface area contributed by atoms with E-state index >= 15 is 0 Å². The van der Waals surface area contributed by atoms with E-state index in [-0.39, 0.29) is 11.8 Å². The van der Waals surface area contributed by atoms with Gasteiger partial charge in [-0.25, -0.2) is 0 Å². The van der Waals surface area contributed by atoms with Crippen molar-refractivity contribution < 1.29 is 9.53 Å². The number of nitrogens with zero attached hydrogens (tertiary/aromatic N) is 3. The van der Waals surface area contributed by atoms with Crippen molar-refractivity contribution in [2.24, 2.45) is 0 Å². The van der Waals surface area contributed by atoms with Gasteiger partial charge in [0.2, 0.25) is 0 Å². The van der Waals surface area contributed by atoms with Gasteiger partial charge in [-0.05, 0) is 48.2 Å². The summed E-state index contributed by atoms with van der Waals surface area (Å²) in [6, 6.07) is 14.0. The Morgan fingerprint density at radius 2 is 2.10 bits per heavy atom. The Labute approximate surface area is 177 Å². The Morgan fingerprint density at radius 1 is 1.27 bits per heavy atom. The molecule has 0 aliphatic carbocycles. The molecule has 6 nitrogen and oxygen atoms in total. The van der Waals surface area contributed by atoms with Crippen molar-refractivity contribution in [3.05, 3.63) is 77.4 Å². The van der Waals surface area contributed by atoms with E-state index in [2.05, 4.69) is 47.2 Å². The van der Waals surface area contributed by atoms with Crippen molar-refractivity contribution in [2.75, 3.05) is 19.7 Å². The number of pyridine rings is 1. The number of likely N-dealkylation sites (tertiary alicyclic amines) is 1. The molecule has 0 bridgehead atoms. The van der Waals surface area contributed by atoms with Gasteiger partial charge in [0.1, 0.15) is 5.75 Å². The number of ether oxygens (including phenoxy) is 1. The Morgan fingerprint density at radius 3 is 2.83 bits per heavy atom. The van der Waals surface area contributed by atoms with Crippen molar-refractivity contribution >= 4 is 5.91 Å². The van der Waals surface area contributed by atoms with E-state index in [9.17, 15) is 4.79 Å². The molecule has 1 saturated heterocycles. The van der Waals surface area contributed by atoms with Gasteiger partial charge in [-0.15, -0.1) is 0 Å². The Bertz CT molecular complexity index is 966. The molecule has 3 heterocycles. The number of hydrogen-bond donors (Lipinski definition) is 1. The fourth-order valence-corrected chi connectivity index (χ4v) is 3.80. The molecule has 3 aromatic rings. The number of aromatic amines is 1. The van der Waals surface area contributed by atoms with Crippen LogP contribution in [0.2, 0.25) is 0 Å². The summed E-state index contributed by atoms with van der Waals surface area (Å²) in [4.78, 5) is 18.5. The zero-order chi connectivity index (χ0) is 20.9. The maximum absolute atomic E-state index is 12.6. The maximum atomic E-state index is 12.6. The van der Waals surface area contributed by atoms with Gasteiger partial charge >= 0.3 is 0 Å². The van der Waals surface area contributed by atoms with E-state index in [4.69, 9.17) is 4.74 Å². The highest BCUT2D eigenvalue weighted by Gasteiger charge is 2.29. The monoisotopic (exact) mass is 404 g/mol. The van der Waals surface area contributed by atoms with E-state index in [0.29, 0.717) is 24.6 Å². The molecular formula is C24H28N4O2. The lowest BCUT2D eigenvalue weighted by atomic mass is 10.0. The third-order valence-electron chi connectivity index (χ3n) is 5.64. The summed E-state index contributed by atoms with van der Waals surface area (Å²) in [5.41, 5.74) is 4.03. The molecule has 0 unspecified atom stereocenters. The Kier molecular flexibility index (Phi) is 6.12. The normalized spacial score (nSPS) is 16.2. The second-order valence-corrected chi connectivity index (χ2v) is 8.12. The molecule has 1 aliphatic rings. The van der Waals surface area contributed by atoms with Gasteiger partial charge in [0.25, 0.3) is 5.91 Å². The summed E-state index contributed by atoms with van der Waals surface area (Å²) in [5, 5.41) is 7.62. The standard InChI is InChI=1S/C24H28N4O2/c1-17(2)18-5-7-22(8-6-18)30-13-10-21-14-23(27-26-21)20-9-12-28(16-20)24(29)19-4-3-11-25-15-19/h3-8,11,14-15,17,20H,9-10,12-13,16H2,1-2H3,(H,26,27)/t20-/m0/s1. The van der Waals surface area contributed by atoms with Crippen molar-refractivity contribution in [3.8, 4) is 5.75 Å². The van der Waals surface area contributed by atoms with E-state index in [1.54, 1.807) is 18.5 Å². The van der Waals surface area contributed by atoms with Crippen LogP contribution in [0, 0.1) is 0 Å². The lowest BCUT2D eigenvalue weighted by molar-refractivity contribution is 0.0790. The Hall–Kier alpha value is -3.15. The quantitative estimate of drug-likeness (QED) is 0.641. The highest BCUT2D eigenvalue weighted by molar-refractivity contribution is 5.94. The molecule has 0 radical (unpaired) electrons. The Balaban J connectivity index is 1.27. The summed E-state index contributed by atoms with van der Waals surface area (Å²) in [6.07, 6.45) is 5.00. The van der Waals surface area contributed by atoms with Crippen LogP contribution >= 0.6 is 0 Å². The third-order valence-corrected chi connectivity index (χ3v) is 5.64. The van der Waals surface area contributed by atoms with Crippen LogP contribution in [0.15, 0.2) is 54.9 Å². The van der Waals surface area contributed by atoms with Gasteiger partial charge in [-0.2, -0.15) is 5.10 Å². The van der Waals surface area contributed by atoms with Crippen molar-refractivity contribution in [2.45, 2.75) is 38.5 Å². The summed E-state index contributed by atoms with van der Waals surface area (Å²) in [5.74, 6) is 1.71. The predicted octanol–water partition coefficient (Wildman–Crippen LogP) is 4.18. The molecule has 4 rings (SSSR count).